The van der Waals surface area contributed by atoms with Crippen molar-refractivity contribution in [1.82, 2.24) is 14.5 Å². The summed E-state index contributed by atoms with van der Waals surface area (Å²) in [6, 6.07) is 14.5. The summed E-state index contributed by atoms with van der Waals surface area (Å²) in [5.74, 6) is 0.750. The van der Waals surface area contributed by atoms with E-state index < -0.39 is 5.60 Å². The molecule has 2 aromatic carbocycles. The fourth-order valence-electron chi connectivity index (χ4n) is 4.50. The van der Waals surface area contributed by atoms with Gasteiger partial charge in [0.2, 0.25) is 5.91 Å². The van der Waals surface area contributed by atoms with E-state index in [1.165, 1.54) is 12.1 Å². The number of imidazole rings is 1. The van der Waals surface area contributed by atoms with Gasteiger partial charge >= 0.3 is 0 Å². The predicted octanol–water partition coefficient (Wildman–Crippen LogP) is 3.74. The molecule has 2 aliphatic heterocycles. The van der Waals surface area contributed by atoms with Crippen molar-refractivity contribution in [3.8, 4) is 11.3 Å². The second kappa shape index (κ2) is 7.36. The maximum atomic E-state index is 13.3. The lowest BCUT2D eigenvalue weighted by molar-refractivity contribution is -0.132. The Kier molecular flexibility index (Phi) is 4.66. The number of rotatable bonds is 3. The molecule has 1 saturated heterocycles. The quantitative estimate of drug-likeness (QED) is 0.667. The number of amides is 1. The first-order valence-electron chi connectivity index (χ1n) is 10.3. The van der Waals surface area contributed by atoms with Gasteiger partial charge in [-0.15, -0.1) is 0 Å². The third-order valence-electron chi connectivity index (χ3n) is 6.30. The number of likely N-dealkylation sites (tertiary alicyclic amines) is 1. The standard InChI is InChI=1S/C24H24FN3O2/c1-17-4-2-3-5-19(17)12-23(29)27-11-10-24(15-27)16-28-21(13-26-22(28)14-30-24)18-6-8-20(25)9-7-18/h2-9,13H,10-12,14-16H2,1H3/t24-/m1/s1. The normalized spacial score (nSPS) is 20.5. The molecule has 1 atom stereocenters. The molecule has 2 aliphatic rings. The van der Waals surface area contributed by atoms with Crippen LogP contribution in [0.4, 0.5) is 4.39 Å². The molecule has 6 heteroatoms. The van der Waals surface area contributed by atoms with Crippen LogP contribution in [-0.2, 0) is 29.1 Å². The highest BCUT2D eigenvalue weighted by molar-refractivity contribution is 5.79. The first-order valence-corrected chi connectivity index (χ1v) is 10.3. The van der Waals surface area contributed by atoms with Crippen molar-refractivity contribution < 1.29 is 13.9 Å². The van der Waals surface area contributed by atoms with Gasteiger partial charge in [0.25, 0.3) is 0 Å². The summed E-state index contributed by atoms with van der Waals surface area (Å²) in [7, 11) is 0. The molecule has 1 fully saturated rings. The number of carbonyl (C=O) groups excluding carboxylic acids is 1. The number of fused-ring (bicyclic) bond motifs is 1. The summed E-state index contributed by atoms with van der Waals surface area (Å²) >= 11 is 0. The molecule has 0 unspecified atom stereocenters. The van der Waals surface area contributed by atoms with Crippen LogP contribution in [0.2, 0.25) is 0 Å². The van der Waals surface area contributed by atoms with E-state index in [1.54, 1.807) is 12.1 Å². The average molecular weight is 405 g/mol. The Labute approximate surface area is 175 Å². The van der Waals surface area contributed by atoms with Gasteiger partial charge in [-0.1, -0.05) is 24.3 Å². The molecular formula is C24H24FN3O2. The maximum absolute atomic E-state index is 13.3. The van der Waals surface area contributed by atoms with Crippen molar-refractivity contribution in [2.45, 2.75) is 38.5 Å². The van der Waals surface area contributed by atoms with E-state index in [0.717, 1.165) is 34.6 Å². The summed E-state index contributed by atoms with van der Waals surface area (Å²) in [6.07, 6.45) is 3.04. The molecule has 5 nitrogen and oxygen atoms in total. The lowest BCUT2D eigenvalue weighted by Gasteiger charge is -2.35. The molecule has 30 heavy (non-hydrogen) atoms. The van der Waals surface area contributed by atoms with Crippen molar-refractivity contribution in [1.29, 1.82) is 0 Å². The van der Waals surface area contributed by atoms with E-state index in [9.17, 15) is 9.18 Å². The van der Waals surface area contributed by atoms with Crippen LogP contribution in [0.1, 0.15) is 23.4 Å². The Bertz CT molecular complexity index is 1090. The maximum Gasteiger partial charge on any atom is 0.227 e. The predicted molar refractivity (Wildman–Crippen MR) is 111 cm³/mol. The largest absolute Gasteiger partial charge is 0.363 e. The van der Waals surface area contributed by atoms with Crippen molar-refractivity contribution in [3.63, 3.8) is 0 Å². The van der Waals surface area contributed by atoms with Crippen LogP contribution >= 0.6 is 0 Å². The smallest absolute Gasteiger partial charge is 0.227 e. The lowest BCUT2D eigenvalue weighted by atomic mass is 10.0. The Balaban J connectivity index is 1.33. The summed E-state index contributed by atoms with van der Waals surface area (Å²) in [4.78, 5) is 19.3. The Morgan fingerprint density at radius 3 is 2.77 bits per heavy atom. The minimum Gasteiger partial charge on any atom is -0.363 e. The molecule has 3 aromatic rings. The van der Waals surface area contributed by atoms with E-state index in [1.807, 2.05) is 42.3 Å². The van der Waals surface area contributed by atoms with Crippen LogP contribution in [0.5, 0.6) is 0 Å². The van der Waals surface area contributed by atoms with Gasteiger partial charge in [-0.2, -0.15) is 0 Å². The number of hydrogen-bond donors (Lipinski definition) is 0. The van der Waals surface area contributed by atoms with Gasteiger partial charge in [0.15, 0.2) is 0 Å². The minimum atomic E-state index is -0.399. The first-order chi connectivity index (χ1) is 14.5. The molecule has 0 saturated carbocycles. The summed E-state index contributed by atoms with van der Waals surface area (Å²) in [5.41, 5.74) is 3.70. The van der Waals surface area contributed by atoms with Crippen molar-refractivity contribution in [2.75, 3.05) is 13.1 Å². The van der Waals surface area contributed by atoms with Crippen LogP contribution in [-0.4, -0.2) is 39.0 Å². The molecule has 1 spiro atoms. The number of carbonyl (C=O) groups is 1. The molecule has 5 rings (SSSR count). The SMILES string of the molecule is Cc1ccccc1CC(=O)N1CC[C@@]2(C1)Cn1c(-c3ccc(F)cc3)cnc1CO2. The van der Waals surface area contributed by atoms with E-state index >= 15 is 0 Å². The second-order valence-corrected chi connectivity index (χ2v) is 8.29. The number of benzene rings is 2. The summed E-state index contributed by atoms with van der Waals surface area (Å²) in [5, 5.41) is 0. The molecule has 3 heterocycles. The number of aromatic nitrogens is 2. The van der Waals surface area contributed by atoms with Crippen LogP contribution in [0.25, 0.3) is 11.3 Å². The molecule has 0 N–H and O–H groups in total. The van der Waals surface area contributed by atoms with Crippen LogP contribution in [0, 0.1) is 12.7 Å². The molecule has 1 aromatic heterocycles. The van der Waals surface area contributed by atoms with Gasteiger partial charge in [0.05, 0.1) is 31.4 Å². The number of hydrogen-bond acceptors (Lipinski definition) is 3. The highest BCUT2D eigenvalue weighted by atomic mass is 19.1. The van der Waals surface area contributed by atoms with E-state index in [4.69, 9.17) is 4.74 Å². The Hall–Kier alpha value is -2.99. The van der Waals surface area contributed by atoms with Gasteiger partial charge in [0.1, 0.15) is 23.8 Å². The molecule has 154 valence electrons. The topological polar surface area (TPSA) is 47.4 Å². The van der Waals surface area contributed by atoms with Crippen molar-refractivity contribution in [2.24, 2.45) is 0 Å². The highest BCUT2D eigenvalue weighted by Gasteiger charge is 2.44. The van der Waals surface area contributed by atoms with Crippen LogP contribution in [0.3, 0.4) is 0 Å². The van der Waals surface area contributed by atoms with E-state index in [2.05, 4.69) is 9.55 Å². The molecule has 1 amide bonds. The van der Waals surface area contributed by atoms with Crippen LogP contribution in [0.15, 0.2) is 54.7 Å². The summed E-state index contributed by atoms with van der Waals surface area (Å²) < 4.78 is 21.7. The number of nitrogens with zero attached hydrogens (tertiary/aromatic N) is 3. The highest BCUT2D eigenvalue weighted by Crippen LogP contribution is 2.35. The second-order valence-electron chi connectivity index (χ2n) is 8.29. The Morgan fingerprint density at radius 2 is 1.97 bits per heavy atom. The molecule has 0 bridgehead atoms. The average Bonchev–Trinajstić information content (AvgIpc) is 3.35. The van der Waals surface area contributed by atoms with Gasteiger partial charge in [-0.25, -0.2) is 9.37 Å². The fraction of sp³-hybridized carbons (Fsp3) is 0.333. The van der Waals surface area contributed by atoms with Gasteiger partial charge in [0, 0.05) is 6.54 Å². The van der Waals surface area contributed by atoms with Crippen LogP contribution < -0.4 is 0 Å². The third-order valence-corrected chi connectivity index (χ3v) is 6.30. The van der Waals surface area contributed by atoms with Gasteiger partial charge in [-0.3, -0.25) is 4.79 Å². The van der Waals surface area contributed by atoms with Crippen molar-refractivity contribution >= 4 is 5.91 Å². The zero-order chi connectivity index (χ0) is 20.7. The van der Waals surface area contributed by atoms with Gasteiger partial charge in [-0.05, 0) is 54.3 Å². The zero-order valence-electron chi connectivity index (χ0n) is 17.0. The molecule has 0 aliphatic carbocycles. The summed E-state index contributed by atoms with van der Waals surface area (Å²) in [6.45, 7) is 4.37. The fourth-order valence-corrected chi connectivity index (χ4v) is 4.50. The molecule has 0 radical (unpaired) electrons. The molecular weight excluding hydrogens is 381 g/mol. The number of halogens is 1. The van der Waals surface area contributed by atoms with E-state index in [-0.39, 0.29) is 11.7 Å². The zero-order valence-corrected chi connectivity index (χ0v) is 17.0. The Morgan fingerprint density at radius 1 is 1.17 bits per heavy atom. The minimum absolute atomic E-state index is 0.139. The van der Waals surface area contributed by atoms with Gasteiger partial charge < -0.3 is 14.2 Å². The monoisotopic (exact) mass is 405 g/mol. The first kappa shape index (κ1) is 19.0. The third kappa shape index (κ3) is 3.41. The lowest BCUT2D eigenvalue weighted by Crippen LogP contribution is -2.45. The van der Waals surface area contributed by atoms with E-state index in [0.29, 0.717) is 32.7 Å². The van der Waals surface area contributed by atoms with Crippen molar-refractivity contribution in [3.05, 3.63) is 77.5 Å². The number of ether oxygens (including phenoxy) is 1. The number of aryl methyl sites for hydroxylation is 1.